The van der Waals surface area contributed by atoms with Crippen LogP contribution < -0.4 is 5.73 Å². The second kappa shape index (κ2) is 5.94. The van der Waals surface area contributed by atoms with Crippen LogP contribution >= 0.6 is 0 Å². The zero-order chi connectivity index (χ0) is 20.3. The van der Waals surface area contributed by atoms with Gasteiger partial charge in [0.15, 0.2) is 0 Å². The number of nitrogen functional groups attached to an aromatic ring is 1. The first kappa shape index (κ1) is 18.7. The van der Waals surface area contributed by atoms with Gasteiger partial charge in [-0.1, -0.05) is 0 Å². The number of anilines is 1. The number of nitrogens with two attached hydrogens (primary N) is 1. The Morgan fingerprint density at radius 2 is 1.93 bits per heavy atom. The molecule has 8 heteroatoms. The summed E-state index contributed by atoms with van der Waals surface area (Å²) in [7, 11) is 0. The van der Waals surface area contributed by atoms with Crippen molar-refractivity contribution in [2.24, 2.45) is 4.99 Å². The monoisotopic (exact) mass is 391 g/mol. The summed E-state index contributed by atoms with van der Waals surface area (Å²) >= 11 is 0. The van der Waals surface area contributed by atoms with Gasteiger partial charge in [0.2, 0.25) is 0 Å². The highest BCUT2D eigenvalue weighted by molar-refractivity contribution is 5.87. The standard InChI is InChI=1S/C20H20F3N3O2/c1-11-6-13(20(21,22)23)7-15(27)16(11)14-3-2-12(17(24)26-14)8-25-18-4-5-19(28,9-18)10-18/h2-3,6-8,27-28H,4-5,9-10H2,1H3,(H2,24,26). The van der Waals surface area contributed by atoms with Gasteiger partial charge in [0.1, 0.15) is 11.6 Å². The molecule has 5 rings (SSSR count). The van der Waals surface area contributed by atoms with Crippen LogP contribution in [0.3, 0.4) is 0 Å². The lowest BCUT2D eigenvalue weighted by Crippen LogP contribution is -2.46. The Labute approximate surface area is 159 Å². The second-order valence-corrected chi connectivity index (χ2v) is 7.92. The van der Waals surface area contributed by atoms with Crippen molar-refractivity contribution in [2.45, 2.75) is 49.9 Å². The molecule has 0 amide bonds. The first-order chi connectivity index (χ1) is 13.0. The summed E-state index contributed by atoms with van der Waals surface area (Å²) in [5.41, 5.74) is 5.64. The maximum Gasteiger partial charge on any atom is 0.416 e. The fourth-order valence-corrected chi connectivity index (χ4v) is 4.35. The minimum atomic E-state index is -4.54. The number of fused-ring (bicyclic) bond motifs is 1. The summed E-state index contributed by atoms with van der Waals surface area (Å²) in [6.45, 7) is 1.48. The molecule has 5 nitrogen and oxygen atoms in total. The molecule has 0 saturated heterocycles. The maximum absolute atomic E-state index is 12.9. The Hall–Kier alpha value is -2.61. The van der Waals surface area contributed by atoms with Gasteiger partial charge >= 0.3 is 6.18 Å². The van der Waals surface area contributed by atoms with E-state index in [2.05, 4.69) is 9.98 Å². The van der Waals surface area contributed by atoms with Crippen LogP contribution in [0.2, 0.25) is 0 Å². The van der Waals surface area contributed by atoms with Crippen molar-refractivity contribution in [1.29, 1.82) is 0 Å². The Morgan fingerprint density at radius 3 is 2.46 bits per heavy atom. The number of aliphatic hydroxyl groups is 1. The quantitative estimate of drug-likeness (QED) is 0.694. The van der Waals surface area contributed by atoms with Crippen LogP contribution in [-0.2, 0) is 6.18 Å². The van der Waals surface area contributed by atoms with E-state index >= 15 is 0 Å². The van der Waals surface area contributed by atoms with E-state index in [0.717, 1.165) is 18.9 Å². The molecular formula is C20H20F3N3O2. The lowest BCUT2D eigenvalue weighted by atomic mass is 9.74. The molecule has 0 spiro atoms. The number of alkyl halides is 3. The van der Waals surface area contributed by atoms with Crippen molar-refractivity contribution in [1.82, 2.24) is 4.98 Å². The van der Waals surface area contributed by atoms with Crippen LogP contribution in [0, 0.1) is 6.92 Å². The molecule has 1 heterocycles. The molecule has 2 aromatic rings. The first-order valence-electron chi connectivity index (χ1n) is 8.96. The van der Waals surface area contributed by atoms with E-state index in [-0.39, 0.29) is 28.2 Å². The molecule has 0 atom stereocenters. The van der Waals surface area contributed by atoms with Gasteiger partial charge in [-0.25, -0.2) is 4.98 Å². The number of aromatic nitrogens is 1. The van der Waals surface area contributed by atoms with E-state index in [0.29, 0.717) is 24.5 Å². The number of phenolic OH excluding ortho intramolecular Hbond substituents is 1. The number of hydrogen-bond donors (Lipinski definition) is 3. The third-order valence-electron chi connectivity index (χ3n) is 5.71. The Morgan fingerprint density at radius 1 is 1.21 bits per heavy atom. The van der Waals surface area contributed by atoms with Gasteiger partial charge in [0.25, 0.3) is 0 Å². The summed E-state index contributed by atoms with van der Waals surface area (Å²) in [4.78, 5) is 8.84. The van der Waals surface area contributed by atoms with Gasteiger partial charge in [-0.15, -0.1) is 0 Å². The van der Waals surface area contributed by atoms with E-state index in [9.17, 15) is 23.4 Å². The number of benzene rings is 1. The molecule has 0 unspecified atom stereocenters. The molecule has 2 bridgehead atoms. The van der Waals surface area contributed by atoms with Crippen molar-refractivity contribution >= 4 is 12.0 Å². The molecule has 0 aliphatic heterocycles. The predicted octanol–water partition coefficient (Wildman–Crippen LogP) is 3.84. The number of phenols is 1. The van der Waals surface area contributed by atoms with Gasteiger partial charge in [0, 0.05) is 30.2 Å². The second-order valence-electron chi connectivity index (χ2n) is 7.92. The number of hydrogen-bond acceptors (Lipinski definition) is 5. The molecule has 3 fully saturated rings. The fraction of sp³-hybridized carbons (Fsp3) is 0.400. The van der Waals surface area contributed by atoms with Crippen molar-refractivity contribution in [3.63, 3.8) is 0 Å². The van der Waals surface area contributed by atoms with Gasteiger partial charge in [0.05, 0.1) is 22.4 Å². The SMILES string of the molecule is Cc1cc(C(F)(F)F)cc(O)c1-c1ccc(C=NC23CCC(O)(C2)C3)c(N)n1. The average Bonchev–Trinajstić information content (AvgIpc) is 3.06. The Kier molecular flexibility index (Phi) is 3.98. The highest BCUT2D eigenvalue weighted by atomic mass is 19.4. The molecule has 0 radical (unpaired) electrons. The number of rotatable bonds is 3. The van der Waals surface area contributed by atoms with Crippen LogP contribution in [0.4, 0.5) is 19.0 Å². The molecule has 4 N–H and O–H groups in total. The molecule has 3 aliphatic carbocycles. The third-order valence-corrected chi connectivity index (χ3v) is 5.71. The number of aryl methyl sites for hydroxylation is 1. The lowest BCUT2D eigenvalue weighted by Gasteiger charge is -2.41. The lowest BCUT2D eigenvalue weighted by molar-refractivity contribution is -0.137. The number of aromatic hydroxyl groups is 1. The normalized spacial score (nSPS) is 26.6. The first-order valence-corrected chi connectivity index (χ1v) is 8.96. The van der Waals surface area contributed by atoms with E-state index in [1.807, 2.05) is 0 Å². The van der Waals surface area contributed by atoms with Crippen molar-refractivity contribution in [2.75, 3.05) is 5.73 Å². The van der Waals surface area contributed by atoms with Gasteiger partial charge in [-0.05, 0) is 49.6 Å². The molecule has 1 aromatic heterocycles. The predicted molar refractivity (Wildman–Crippen MR) is 99.2 cm³/mol. The third kappa shape index (κ3) is 3.11. The summed E-state index contributed by atoms with van der Waals surface area (Å²) in [6, 6.07) is 4.93. The zero-order valence-electron chi connectivity index (χ0n) is 15.2. The van der Waals surface area contributed by atoms with Gasteiger partial charge in [-0.2, -0.15) is 13.2 Å². The fourth-order valence-electron chi connectivity index (χ4n) is 4.35. The largest absolute Gasteiger partial charge is 0.507 e. The van der Waals surface area contributed by atoms with Gasteiger partial charge in [-0.3, -0.25) is 4.99 Å². The van der Waals surface area contributed by atoms with Crippen molar-refractivity contribution < 1.29 is 23.4 Å². The summed E-state index contributed by atoms with van der Waals surface area (Å²) in [5, 5.41) is 20.2. The van der Waals surface area contributed by atoms with E-state index in [4.69, 9.17) is 5.73 Å². The minimum absolute atomic E-state index is 0.170. The van der Waals surface area contributed by atoms with E-state index < -0.39 is 23.1 Å². The number of pyridine rings is 1. The minimum Gasteiger partial charge on any atom is -0.507 e. The Balaban J connectivity index is 1.62. The number of aliphatic imine (C=N–C) groups is 1. The Bertz CT molecular complexity index is 956. The van der Waals surface area contributed by atoms with Crippen molar-refractivity contribution in [3.05, 3.63) is 41.0 Å². The number of halogens is 3. The average molecular weight is 391 g/mol. The molecule has 3 saturated carbocycles. The molecule has 28 heavy (non-hydrogen) atoms. The molecule has 1 aromatic carbocycles. The van der Waals surface area contributed by atoms with Crippen LogP contribution in [0.1, 0.15) is 42.4 Å². The molecule has 148 valence electrons. The number of nitrogens with zero attached hydrogens (tertiary/aromatic N) is 2. The van der Waals surface area contributed by atoms with Crippen molar-refractivity contribution in [3.8, 4) is 17.0 Å². The summed E-state index contributed by atoms with van der Waals surface area (Å²) in [5.74, 6) is -0.330. The molecular weight excluding hydrogens is 371 g/mol. The van der Waals surface area contributed by atoms with E-state index in [1.165, 1.54) is 6.92 Å². The topological polar surface area (TPSA) is 91.7 Å². The maximum atomic E-state index is 12.9. The van der Waals surface area contributed by atoms with Crippen LogP contribution in [-0.4, -0.2) is 32.6 Å². The van der Waals surface area contributed by atoms with Crippen LogP contribution in [0.5, 0.6) is 5.75 Å². The highest BCUT2D eigenvalue weighted by Crippen LogP contribution is 2.57. The highest BCUT2D eigenvalue weighted by Gasteiger charge is 2.60. The van der Waals surface area contributed by atoms with Crippen LogP contribution in [0.25, 0.3) is 11.3 Å². The van der Waals surface area contributed by atoms with E-state index in [1.54, 1.807) is 18.3 Å². The zero-order valence-corrected chi connectivity index (χ0v) is 15.2. The summed E-state index contributed by atoms with van der Waals surface area (Å²) in [6.07, 6.45) is -0.00797. The molecule has 3 aliphatic rings. The van der Waals surface area contributed by atoms with Gasteiger partial charge < -0.3 is 15.9 Å². The smallest absolute Gasteiger partial charge is 0.416 e. The summed E-state index contributed by atoms with van der Waals surface area (Å²) < 4.78 is 38.7. The van der Waals surface area contributed by atoms with Crippen LogP contribution in [0.15, 0.2) is 29.3 Å².